The number of aromatic hydroxyl groups is 1. The molecular weight excluding hydrogens is 236 g/mol. The van der Waals surface area contributed by atoms with Gasteiger partial charge in [0, 0.05) is 0 Å². The molecular formula is C17H16O2. The standard InChI is InChI=1S/C17H16O2/c1-12-10-15(17(19)11-13(12)2)16(18)9-8-14-6-4-3-5-7-14/h3-11,19H,1-2H3/b9-8+. The van der Waals surface area contributed by atoms with Gasteiger partial charge in [-0.15, -0.1) is 0 Å². The third-order valence-electron chi connectivity index (χ3n) is 3.10. The van der Waals surface area contributed by atoms with Crippen molar-refractivity contribution < 1.29 is 9.90 Å². The summed E-state index contributed by atoms with van der Waals surface area (Å²) in [4.78, 5) is 12.1. The fraction of sp³-hybridized carbons (Fsp3) is 0.118. The van der Waals surface area contributed by atoms with E-state index in [0.717, 1.165) is 16.7 Å². The maximum Gasteiger partial charge on any atom is 0.189 e. The number of hydrogen-bond donors (Lipinski definition) is 1. The van der Waals surface area contributed by atoms with Crippen LogP contribution in [0.15, 0.2) is 48.5 Å². The Kier molecular flexibility index (Phi) is 3.81. The van der Waals surface area contributed by atoms with Crippen LogP contribution in [0.1, 0.15) is 27.0 Å². The highest BCUT2D eigenvalue weighted by molar-refractivity contribution is 6.08. The number of rotatable bonds is 3. The van der Waals surface area contributed by atoms with Gasteiger partial charge in [-0.2, -0.15) is 0 Å². The molecule has 96 valence electrons. The van der Waals surface area contributed by atoms with Crippen LogP contribution in [0, 0.1) is 13.8 Å². The van der Waals surface area contributed by atoms with Gasteiger partial charge in [-0.1, -0.05) is 36.4 Å². The molecule has 0 spiro atoms. The maximum absolute atomic E-state index is 12.1. The molecule has 0 aliphatic carbocycles. The molecule has 2 aromatic rings. The highest BCUT2D eigenvalue weighted by Crippen LogP contribution is 2.22. The number of hydrogen-bond acceptors (Lipinski definition) is 2. The van der Waals surface area contributed by atoms with Gasteiger partial charge in [0.15, 0.2) is 5.78 Å². The van der Waals surface area contributed by atoms with Gasteiger partial charge in [-0.25, -0.2) is 0 Å². The molecule has 0 heterocycles. The summed E-state index contributed by atoms with van der Waals surface area (Å²) in [7, 11) is 0. The number of carbonyl (C=O) groups is 1. The van der Waals surface area contributed by atoms with Crippen LogP contribution in [0.25, 0.3) is 6.08 Å². The van der Waals surface area contributed by atoms with Crippen molar-refractivity contribution in [3.8, 4) is 5.75 Å². The molecule has 0 saturated carbocycles. The van der Waals surface area contributed by atoms with Crippen molar-refractivity contribution in [2.75, 3.05) is 0 Å². The smallest absolute Gasteiger partial charge is 0.189 e. The lowest BCUT2D eigenvalue weighted by molar-refractivity contribution is 0.104. The molecule has 2 nitrogen and oxygen atoms in total. The number of benzene rings is 2. The van der Waals surface area contributed by atoms with Crippen molar-refractivity contribution in [3.63, 3.8) is 0 Å². The Morgan fingerprint density at radius 2 is 1.68 bits per heavy atom. The Balaban J connectivity index is 2.26. The second-order valence-corrected chi connectivity index (χ2v) is 4.56. The van der Waals surface area contributed by atoms with Crippen molar-refractivity contribution in [1.29, 1.82) is 0 Å². The molecule has 1 N–H and O–H groups in total. The largest absolute Gasteiger partial charge is 0.507 e. The number of phenols is 1. The van der Waals surface area contributed by atoms with E-state index in [1.807, 2.05) is 44.2 Å². The quantitative estimate of drug-likeness (QED) is 0.664. The van der Waals surface area contributed by atoms with E-state index in [4.69, 9.17) is 0 Å². The van der Waals surface area contributed by atoms with E-state index < -0.39 is 0 Å². The van der Waals surface area contributed by atoms with Gasteiger partial charge in [0.1, 0.15) is 5.75 Å². The second kappa shape index (κ2) is 5.53. The van der Waals surface area contributed by atoms with Gasteiger partial charge in [0.25, 0.3) is 0 Å². The summed E-state index contributed by atoms with van der Waals surface area (Å²) in [5.74, 6) is -0.157. The fourth-order valence-electron chi connectivity index (χ4n) is 1.82. The molecule has 2 heteroatoms. The summed E-state index contributed by atoms with van der Waals surface area (Å²) in [6.45, 7) is 3.83. The first-order valence-corrected chi connectivity index (χ1v) is 6.15. The highest BCUT2D eigenvalue weighted by Gasteiger charge is 2.09. The second-order valence-electron chi connectivity index (χ2n) is 4.56. The van der Waals surface area contributed by atoms with Crippen molar-refractivity contribution in [2.24, 2.45) is 0 Å². The average molecular weight is 252 g/mol. The molecule has 0 aliphatic heterocycles. The monoisotopic (exact) mass is 252 g/mol. The van der Waals surface area contributed by atoms with Crippen LogP contribution in [0.3, 0.4) is 0 Å². The third kappa shape index (κ3) is 3.10. The van der Waals surface area contributed by atoms with Gasteiger partial charge in [-0.3, -0.25) is 4.79 Å². The first kappa shape index (κ1) is 13.1. The summed E-state index contributed by atoms with van der Waals surface area (Å²) in [6, 6.07) is 12.9. The lowest BCUT2D eigenvalue weighted by Gasteiger charge is -2.05. The average Bonchev–Trinajstić information content (AvgIpc) is 2.41. The van der Waals surface area contributed by atoms with Gasteiger partial charge in [0.05, 0.1) is 5.56 Å². The Morgan fingerprint density at radius 1 is 1.05 bits per heavy atom. The van der Waals surface area contributed by atoms with Crippen molar-refractivity contribution in [1.82, 2.24) is 0 Å². The van der Waals surface area contributed by atoms with Crippen LogP contribution in [0.5, 0.6) is 5.75 Å². The van der Waals surface area contributed by atoms with E-state index in [9.17, 15) is 9.90 Å². The first-order valence-electron chi connectivity index (χ1n) is 6.15. The van der Waals surface area contributed by atoms with Crippen LogP contribution < -0.4 is 0 Å². The summed E-state index contributed by atoms with van der Waals surface area (Å²) in [5, 5.41) is 9.83. The van der Waals surface area contributed by atoms with Crippen LogP contribution in [-0.2, 0) is 0 Å². The van der Waals surface area contributed by atoms with Crippen LogP contribution >= 0.6 is 0 Å². The molecule has 0 amide bonds. The Morgan fingerprint density at radius 3 is 2.37 bits per heavy atom. The number of allylic oxidation sites excluding steroid dienone is 1. The third-order valence-corrected chi connectivity index (χ3v) is 3.10. The number of carbonyl (C=O) groups excluding carboxylic acids is 1. The van der Waals surface area contributed by atoms with Crippen LogP contribution in [0.2, 0.25) is 0 Å². The lowest BCUT2D eigenvalue weighted by atomic mass is 10.0. The molecule has 0 radical (unpaired) electrons. The minimum Gasteiger partial charge on any atom is -0.507 e. The van der Waals surface area contributed by atoms with Crippen LogP contribution in [-0.4, -0.2) is 10.9 Å². The van der Waals surface area contributed by atoms with E-state index in [1.165, 1.54) is 6.08 Å². The zero-order valence-electron chi connectivity index (χ0n) is 11.1. The van der Waals surface area contributed by atoms with E-state index in [1.54, 1.807) is 18.2 Å². The molecule has 0 aliphatic rings. The summed E-state index contributed by atoms with van der Waals surface area (Å²) >= 11 is 0. The topological polar surface area (TPSA) is 37.3 Å². The molecule has 0 fully saturated rings. The zero-order valence-corrected chi connectivity index (χ0v) is 11.1. The normalized spacial score (nSPS) is 10.8. The predicted octanol–water partition coefficient (Wildman–Crippen LogP) is 3.91. The number of phenolic OH excluding ortho intramolecular Hbond substituents is 1. The zero-order chi connectivity index (χ0) is 13.8. The van der Waals surface area contributed by atoms with E-state index in [-0.39, 0.29) is 11.5 Å². The van der Waals surface area contributed by atoms with Crippen molar-refractivity contribution >= 4 is 11.9 Å². The summed E-state index contributed by atoms with van der Waals surface area (Å²) in [5.41, 5.74) is 3.27. The lowest BCUT2D eigenvalue weighted by Crippen LogP contribution is -1.97. The predicted molar refractivity (Wildman–Crippen MR) is 77.4 cm³/mol. The molecule has 2 rings (SSSR count). The highest BCUT2D eigenvalue weighted by atomic mass is 16.3. The molecule has 0 unspecified atom stereocenters. The molecule has 19 heavy (non-hydrogen) atoms. The van der Waals surface area contributed by atoms with E-state index in [0.29, 0.717) is 5.56 Å². The Labute approximate surface area is 113 Å². The first-order chi connectivity index (χ1) is 9.08. The number of aryl methyl sites for hydroxylation is 2. The molecule has 0 bridgehead atoms. The van der Waals surface area contributed by atoms with Crippen molar-refractivity contribution in [3.05, 3.63) is 70.8 Å². The maximum atomic E-state index is 12.1. The SMILES string of the molecule is Cc1cc(O)c(C(=O)/C=C/c2ccccc2)cc1C. The molecule has 0 saturated heterocycles. The van der Waals surface area contributed by atoms with Crippen molar-refractivity contribution in [2.45, 2.75) is 13.8 Å². The molecule has 2 aromatic carbocycles. The van der Waals surface area contributed by atoms with Gasteiger partial charge < -0.3 is 5.11 Å². The van der Waals surface area contributed by atoms with Crippen LogP contribution in [0.4, 0.5) is 0 Å². The Bertz CT molecular complexity index is 625. The minimum absolute atomic E-state index is 0.0332. The summed E-state index contributed by atoms with van der Waals surface area (Å²) < 4.78 is 0. The van der Waals surface area contributed by atoms with Gasteiger partial charge >= 0.3 is 0 Å². The number of ketones is 1. The summed E-state index contributed by atoms with van der Waals surface area (Å²) in [6.07, 6.45) is 3.23. The van der Waals surface area contributed by atoms with Gasteiger partial charge in [0.2, 0.25) is 0 Å². The van der Waals surface area contributed by atoms with Gasteiger partial charge in [-0.05, 0) is 48.7 Å². The fourth-order valence-corrected chi connectivity index (χ4v) is 1.82. The van der Waals surface area contributed by atoms with E-state index >= 15 is 0 Å². The minimum atomic E-state index is -0.190. The van der Waals surface area contributed by atoms with E-state index in [2.05, 4.69) is 0 Å². The Hall–Kier alpha value is -2.35. The molecule has 0 atom stereocenters. The molecule has 0 aromatic heterocycles.